The fourth-order valence-electron chi connectivity index (χ4n) is 2.82. The normalized spacial score (nSPS) is 20.7. The van der Waals surface area contributed by atoms with Crippen LogP contribution in [0.15, 0.2) is 18.7 Å². The number of hydrogen-bond donors (Lipinski definition) is 1. The number of fused-ring (bicyclic) bond motifs is 1. The summed E-state index contributed by atoms with van der Waals surface area (Å²) in [5.74, 6) is -0.0566. The van der Waals surface area contributed by atoms with Gasteiger partial charge in [0.25, 0.3) is 5.91 Å². The zero-order valence-electron chi connectivity index (χ0n) is 13.1. The molecule has 22 heavy (non-hydrogen) atoms. The van der Waals surface area contributed by atoms with Gasteiger partial charge in [-0.3, -0.25) is 9.89 Å². The minimum Gasteiger partial charge on any atom is -0.369 e. The van der Waals surface area contributed by atoms with Crippen molar-refractivity contribution in [3.63, 3.8) is 0 Å². The van der Waals surface area contributed by atoms with Crippen LogP contribution in [0.5, 0.6) is 0 Å². The Morgan fingerprint density at radius 2 is 2.36 bits per heavy atom. The predicted octanol–water partition coefficient (Wildman–Crippen LogP) is 1.40. The lowest BCUT2D eigenvalue weighted by atomic mass is 9.99. The minimum atomic E-state index is -0.0566. The maximum atomic E-state index is 12.6. The molecular formula is C15H21N5O2. The SMILES string of the molecule is C[C@@H]1Cc2c(C(=O)N(C)CCn3ccnc3)n[nH]c2[C@H](C)O1. The molecule has 0 radical (unpaired) electrons. The summed E-state index contributed by atoms with van der Waals surface area (Å²) in [6.45, 7) is 5.32. The van der Waals surface area contributed by atoms with Crippen molar-refractivity contribution in [2.45, 2.75) is 39.0 Å². The maximum Gasteiger partial charge on any atom is 0.274 e. The van der Waals surface area contributed by atoms with E-state index < -0.39 is 0 Å². The molecule has 3 heterocycles. The second-order valence-electron chi connectivity index (χ2n) is 5.78. The van der Waals surface area contributed by atoms with Gasteiger partial charge in [0.05, 0.1) is 24.2 Å². The van der Waals surface area contributed by atoms with Crippen molar-refractivity contribution in [1.29, 1.82) is 0 Å². The van der Waals surface area contributed by atoms with Crippen LogP contribution in [-0.4, -0.2) is 50.3 Å². The lowest BCUT2D eigenvalue weighted by molar-refractivity contribution is -0.00701. The molecule has 1 aliphatic heterocycles. The highest BCUT2D eigenvalue weighted by Gasteiger charge is 2.30. The second kappa shape index (κ2) is 5.92. The molecule has 0 spiro atoms. The first-order valence-electron chi connectivity index (χ1n) is 7.50. The number of amides is 1. The Hall–Kier alpha value is -2.15. The zero-order valence-corrected chi connectivity index (χ0v) is 13.1. The molecule has 1 aliphatic rings. The van der Waals surface area contributed by atoms with Gasteiger partial charge < -0.3 is 14.2 Å². The third kappa shape index (κ3) is 2.76. The van der Waals surface area contributed by atoms with Crippen molar-refractivity contribution < 1.29 is 9.53 Å². The van der Waals surface area contributed by atoms with Crippen LogP contribution in [0.4, 0.5) is 0 Å². The fourth-order valence-corrected chi connectivity index (χ4v) is 2.82. The van der Waals surface area contributed by atoms with Crippen molar-refractivity contribution in [1.82, 2.24) is 24.6 Å². The van der Waals surface area contributed by atoms with Gasteiger partial charge in [-0.05, 0) is 13.8 Å². The van der Waals surface area contributed by atoms with Crippen LogP contribution in [0.1, 0.15) is 41.7 Å². The number of ether oxygens (including phenoxy) is 1. The van der Waals surface area contributed by atoms with E-state index in [1.807, 2.05) is 24.6 Å². The lowest BCUT2D eigenvalue weighted by Crippen LogP contribution is -2.32. The molecule has 7 nitrogen and oxygen atoms in total. The van der Waals surface area contributed by atoms with Gasteiger partial charge in [0.15, 0.2) is 5.69 Å². The number of H-pyrrole nitrogens is 1. The third-order valence-corrected chi connectivity index (χ3v) is 4.04. The van der Waals surface area contributed by atoms with Crippen molar-refractivity contribution >= 4 is 5.91 Å². The van der Waals surface area contributed by atoms with Gasteiger partial charge in [-0.1, -0.05) is 0 Å². The minimum absolute atomic E-state index is 0.0518. The number of likely N-dealkylation sites (N-methyl/N-ethyl adjacent to an activating group) is 1. The van der Waals surface area contributed by atoms with Crippen molar-refractivity contribution in [3.05, 3.63) is 35.7 Å². The summed E-state index contributed by atoms with van der Waals surface area (Å²) < 4.78 is 7.70. The molecule has 1 amide bonds. The predicted molar refractivity (Wildman–Crippen MR) is 80.4 cm³/mol. The van der Waals surface area contributed by atoms with Crippen molar-refractivity contribution in [2.24, 2.45) is 0 Å². The standard InChI is InChI=1S/C15H21N5O2/c1-10-8-12-13(11(2)22-10)17-18-14(12)15(21)19(3)6-7-20-5-4-16-9-20/h4-5,9-11H,6-8H2,1-3H3,(H,17,18)/t10-,11+/m1/s1. The van der Waals surface area contributed by atoms with Gasteiger partial charge in [0.2, 0.25) is 0 Å². The number of nitrogens with zero attached hydrogens (tertiary/aromatic N) is 4. The number of hydrogen-bond acceptors (Lipinski definition) is 4. The molecule has 0 fully saturated rings. The van der Waals surface area contributed by atoms with Crippen LogP contribution < -0.4 is 0 Å². The molecule has 118 valence electrons. The van der Waals surface area contributed by atoms with E-state index in [1.165, 1.54) is 0 Å². The van der Waals surface area contributed by atoms with Crippen molar-refractivity contribution in [3.8, 4) is 0 Å². The monoisotopic (exact) mass is 303 g/mol. The lowest BCUT2D eigenvalue weighted by Gasteiger charge is -2.25. The van der Waals surface area contributed by atoms with E-state index in [-0.39, 0.29) is 18.1 Å². The molecule has 7 heteroatoms. The molecule has 0 bridgehead atoms. The van der Waals surface area contributed by atoms with Crippen LogP contribution in [0, 0.1) is 0 Å². The van der Waals surface area contributed by atoms with Crippen molar-refractivity contribution in [2.75, 3.05) is 13.6 Å². The topological polar surface area (TPSA) is 76.0 Å². The number of aromatic amines is 1. The first kappa shape index (κ1) is 14.8. The molecule has 2 atom stereocenters. The van der Waals surface area contributed by atoms with Gasteiger partial charge in [0.1, 0.15) is 0 Å². The van der Waals surface area contributed by atoms with Gasteiger partial charge in [-0.25, -0.2) is 4.98 Å². The van der Waals surface area contributed by atoms with Gasteiger partial charge >= 0.3 is 0 Å². The average Bonchev–Trinajstić information content (AvgIpc) is 3.13. The summed E-state index contributed by atoms with van der Waals surface area (Å²) in [4.78, 5) is 18.3. The molecule has 3 rings (SSSR count). The first-order chi connectivity index (χ1) is 10.6. The Morgan fingerprint density at radius 3 is 3.09 bits per heavy atom. The number of carbonyl (C=O) groups excluding carboxylic acids is 1. The van der Waals surface area contributed by atoms with E-state index >= 15 is 0 Å². The van der Waals surface area contributed by atoms with Gasteiger partial charge in [-0.15, -0.1) is 0 Å². The number of carbonyl (C=O) groups is 1. The van der Waals surface area contributed by atoms with E-state index in [1.54, 1.807) is 24.5 Å². The highest BCUT2D eigenvalue weighted by Crippen LogP contribution is 2.30. The van der Waals surface area contributed by atoms with Gasteiger partial charge in [-0.2, -0.15) is 5.10 Å². The summed E-state index contributed by atoms with van der Waals surface area (Å²) in [6, 6.07) is 0. The Morgan fingerprint density at radius 1 is 1.55 bits per heavy atom. The number of nitrogens with one attached hydrogen (secondary N) is 1. The zero-order chi connectivity index (χ0) is 15.7. The molecule has 1 N–H and O–H groups in total. The average molecular weight is 303 g/mol. The Bertz CT molecular complexity index is 649. The number of imidazole rings is 1. The third-order valence-electron chi connectivity index (χ3n) is 4.04. The Labute approximate surface area is 129 Å². The summed E-state index contributed by atoms with van der Waals surface area (Å²) in [6.07, 6.45) is 6.12. The molecule has 2 aromatic heterocycles. The fraction of sp³-hybridized carbons (Fsp3) is 0.533. The van der Waals surface area contributed by atoms with E-state index in [2.05, 4.69) is 15.2 Å². The smallest absolute Gasteiger partial charge is 0.274 e. The molecule has 0 saturated carbocycles. The van der Waals surface area contributed by atoms with Crippen LogP contribution >= 0.6 is 0 Å². The quantitative estimate of drug-likeness (QED) is 0.926. The Kier molecular flexibility index (Phi) is 3.98. The number of aromatic nitrogens is 4. The van der Waals surface area contributed by atoms with Crippen LogP contribution in [0.2, 0.25) is 0 Å². The van der Waals surface area contributed by atoms with Crippen LogP contribution in [0.3, 0.4) is 0 Å². The van der Waals surface area contributed by atoms with E-state index in [4.69, 9.17) is 4.74 Å². The van der Waals surface area contributed by atoms with E-state index in [9.17, 15) is 4.79 Å². The molecule has 0 aliphatic carbocycles. The summed E-state index contributed by atoms with van der Waals surface area (Å²) >= 11 is 0. The largest absolute Gasteiger partial charge is 0.369 e. The summed E-state index contributed by atoms with van der Waals surface area (Å²) in [5, 5.41) is 7.20. The number of rotatable bonds is 4. The second-order valence-corrected chi connectivity index (χ2v) is 5.78. The molecule has 0 unspecified atom stereocenters. The highest BCUT2D eigenvalue weighted by molar-refractivity contribution is 5.94. The molecule has 0 saturated heterocycles. The summed E-state index contributed by atoms with van der Waals surface area (Å²) in [7, 11) is 1.80. The van der Waals surface area contributed by atoms with Crippen LogP contribution in [-0.2, 0) is 17.7 Å². The highest BCUT2D eigenvalue weighted by atomic mass is 16.5. The Balaban J connectivity index is 1.72. The van der Waals surface area contributed by atoms with E-state index in [0.29, 0.717) is 25.2 Å². The first-order valence-corrected chi connectivity index (χ1v) is 7.50. The van der Waals surface area contributed by atoms with Gasteiger partial charge in [0, 0.05) is 44.5 Å². The van der Waals surface area contributed by atoms with E-state index in [0.717, 1.165) is 11.3 Å². The summed E-state index contributed by atoms with van der Waals surface area (Å²) in [5.41, 5.74) is 2.43. The molecule has 2 aromatic rings. The molecular weight excluding hydrogens is 282 g/mol. The molecule has 0 aromatic carbocycles. The van der Waals surface area contributed by atoms with Crippen LogP contribution in [0.25, 0.3) is 0 Å². The maximum absolute atomic E-state index is 12.6.